The number of carbonyl (C=O) groups is 1. The molecule has 0 spiro atoms. The maximum atomic E-state index is 12.4. The van der Waals surface area contributed by atoms with Crippen molar-refractivity contribution < 1.29 is 4.79 Å². The first-order valence-electron chi connectivity index (χ1n) is 8.94. The lowest BCUT2D eigenvalue weighted by Gasteiger charge is -2.27. The van der Waals surface area contributed by atoms with Gasteiger partial charge in [0, 0.05) is 26.2 Å². The molecule has 0 bridgehead atoms. The molecule has 0 aromatic heterocycles. The summed E-state index contributed by atoms with van der Waals surface area (Å²) < 4.78 is 0. The molecule has 2 rings (SSSR count). The van der Waals surface area contributed by atoms with Gasteiger partial charge in [-0.25, -0.2) is 0 Å². The Kier molecular flexibility index (Phi) is 9.34. The number of rotatable bonds is 8. The van der Waals surface area contributed by atoms with E-state index in [0.717, 1.165) is 45.6 Å². The van der Waals surface area contributed by atoms with E-state index < -0.39 is 0 Å². The summed E-state index contributed by atoms with van der Waals surface area (Å²) >= 11 is 0. The van der Waals surface area contributed by atoms with Gasteiger partial charge >= 0.3 is 0 Å². The van der Waals surface area contributed by atoms with Gasteiger partial charge in [-0.1, -0.05) is 43.7 Å². The molecule has 4 nitrogen and oxygen atoms in total. The summed E-state index contributed by atoms with van der Waals surface area (Å²) in [7, 11) is 0. The van der Waals surface area contributed by atoms with E-state index in [1.54, 1.807) is 0 Å². The van der Waals surface area contributed by atoms with Crippen molar-refractivity contribution in [3.63, 3.8) is 0 Å². The van der Waals surface area contributed by atoms with Crippen LogP contribution in [0.3, 0.4) is 0 Å². The zero-order chi connectivity index (χ0) is 16.7. The van der Waals surface area contributed by atoms with E-state index >= 15 is 0 Å². The van der Waals surface area contributed by atoms with Gasteiger partial charge in [0.15, 0.2) is 0 Å². The van der Waals surface area contributed by atoms with Crippen LogP contribution in [0.2, 0.25) is 0 Å². The van der Waals surface area contributed by atoms with Gasteiger partial charge in [-0.3, -0.25) is 9.69 Å². The first-order valence-corrected chi connectivity index (χ1v) is 8.94. The molecule has 1 aliphatic rings. The summed E-state index contributed by atoms with van der Waals surface area (Å²) in [6.07, 6.45) is 2.90. The lowest BCUT2D eigenvalue weighted by atomic mass is 10.1. The third-order valence-corrected chi connectivity index (χ3v) is 4.71. The molecule has 1 aromatic carbocycles. The lowest BCUT2D eigenvalue weighted by molar-refractivity contribution is -0.133. The van der Waals surface area contributed by atoms with Gasteiger partial charge in [0.1, 0.15) is 0 Å². The van der Waals surface area contributed by atoms with Gasteiger partial charge < -0.3 is 10.6 Å². The Morgan fingerprint density at radius 1 is 1.33 bits per heavy atom. The minimum Gasteiger partial charge on any atom is -0.341 e. The first-order chi connectivity index (χ1) is 11.1. The van der Waals surface area contributed by atoms with Crippen LogP contribution in [0.5, 0.6) is 0 Å². The molecule has 1 heterocycles. The molecule has 1 aromatic rings. The van der Waals surface area contributed by atoms with Crippen molar-refractivity contribution in [2.45, 2.75) is 45.7 Å². The van der Waals surface area contributed by atoms with Crippen molar-refractivity contribution in [3.8, 4) is 0 Å². The van der Waals surface area contributed by atoms with E-state index in [0.29, 0.717) is 5.92 Å². The second-order valence-corrected chi connectivity index (χ2v) is 6.65. The van der Waals surface area contributed by atoms with Crippen LogP contribution in [0.15, 0.2) is 30.3 Å². The summed E-state index contributed by atoms with van der Waals surface area (Å²) in [5, 5.41) is 0. The monoisotopic (exact) mass is 353 g/mol. The Hall–Kier alpha value is -1.10. The average Bonchev–Trinajstić information content (AvgIpc) is 3.00. The van der Waals surface area contributed by atoms with Crippen LogP contribution in [-0.2, 0) is 11.3 Å². The predicted molar refractivity (Wildman–Crippen MR) is 102 cm³/mol. The fourth-order valence-electron chi connectivity index (χ4n) is 3.40. The van der Waals surface area contributed by atoms with E-state index in [2.05, 4.69) is 42.2 Å². The standard InChI is InChI=1S/C19H31N3O.ClH/c1-3-8-18(20)19(23)22(4-2)15-17-11-12-21(14-17)13-16-9-6-5-7-10-16;/h5-7,9-10,17-18H,3-4,8,11-15,20H2,1-2H3;1H. The molecule has 1 amide bonds. The highest BCUT2D eigenvalue weighted by Gasteiger charge is 2.27. The van der Waals surface area contributed by atoms with Crippen LogP contribution in [0.25, 0.3) is 0 Å². The summed E-state index contributed by atoms with van der Waals surface area (Å²) in [6.45, 7) is 8.92. The number of amides is 1. The van der Waals surface area contributed by atoms with Gasteiger partial charge in [0.25, 0.3) is 0 Å². The van der Waals surface area contributed by atoms with Crippen molar-refractivity contribution in [2.24, 2.45) is 11.7 Å². The van der Waals surface area contributed by atoms with Crippen molar-refractivity contribution in [1.29, 1.82) is 0 Å². The van der Waals surface area contributed by atoms with E-state index in [4.69, 9.17) is 5.73 Å². The molecule has 2 N–H and O–H groups in total. The summed E-state index contributed by atoms with van der Waals surface area (Å²) in [4.78, 5) is 16.9. The van der Waals surface area contributed by atoms with Crippen LogP contribution in [0.1, 0.15) is 38.7 Å². The van der Waals surface area contributed by atoms with Crippen LogP contribution in [-0.4, -0.2) is 47.9 Å². The van der Waals surface area contributed by atoms with Gasteiger partial charge in [-0.05, 0) is 37.8 Å². The number of halogens is 1. The zero-order valence-corrected chi connectivity index (χ0v) is 15.8. The number of likely N-dealkylation sites (N-methyl/N-ethyl adjacent to an activating group) is 1. The molecule has 136 valence electrons. The first kappa shape index (κ1) is 20.9. The molecular formula is C19H32ClN3O. The SMILES string of the molecule is CCCC(N)C(=O)N(CC)CC1CCN(Cc2ccccc2)C1.Cl. The van der Waals surface area contributed by atoms with Crippen LogP contribution in [0.4, 0.5) is 0 Å². The average molecular weight is 354 g/mol. The molecule has 0 radical (unpaired) electrons. The third-order valence-electron chi connectivity index (χ3n) is 4.71. The fraction of sp³-hybridized carbons (Fsp3) is 0.632. The highest BCUT2D eigenvalue weighted by molar-refractivity contribution is 5.85. The molecule has 2 atom stereocenters. The Balaban J connectivity index is 0.00000288. The minimum atomic E-state index is -0.332. The number of nitrogens with two attached hydrogens (primary N) is 1. The molecule has 1 fully saturated rings. The quantitative estimate of drug-likeness (QED) is 0.781. The maximum absolute atomic E-state index is 12.4. The summed E-state index contributed by atoms with van der Waals surface area (Å²) in [5.74, 6) is 0.687. The van der Waals surface area contributed by atoms with Crippen molar-refractivity contribution >= 4 is 18.3 Å². The highest BCUT2D eigenvalue weighted by atomic mass is 35.5. The lowest BCUT2D eigenvalue weighted by Crippen LogP contribution is -2.45. The van der Waals surface area contributed by atoms with Gasteiger partial charge in [-0.2, -0.15) is 0 Å². The van der Waals surface area contributed by atoms with E-state index in [-0.39, 0.29) is 24.4 Å². The third kappa shape index (κ3) is 6.08. The molecule has 5 heteroatoms. The number of carbonyl (C=O) groups excluding carboxylic acids is 1. The van der Waals surface area contributed by atoms with E-state index in [1.165, 1.54) is 12.0 Å². The molecule has 1 saturated heterocycles. The predicted octanol–water partition coefficient (Wildman–Crippen LogP) is 2.91. The minimum absolute atomic E-state index is 0. The second kappa shape index (κ2) is 10.7. The van der Waals surface area contributed by atoms with Crippen LogP contribution in [0, 0.1) is 5.92 Å². The van der Waals surface area contributed by atoms with Gasteiger partial charge in [-0.15, -0.1) is 12.4 Å². The van der Waals surface area contributed by atoms with Crippen LogP contribution >= 0.6 is 12.4 Å². The summed E-state index contributed by atoms with van der Waals surface area (Å²) in [6, 6.07) is 10.3. The van der Waals surface area contributed by atoms with E-state index in [1.807, 2.05) is 11.8 Å². The van der Waals surface area contributed by atoms with Gasteiger partial charge in [0.2, 0.25) is 5.91 Å². The topological polar surface area (TPSA) is 49.6 Å². The van der Waals surface area contributed by atoms with Crippen LogP contribution < -0.4 is 5.73 Å². The Bertz CT molecular complexity index is 483. The summed E-state index contributed by atoms with van der Waals surface area (Å²) in [5.41, 5.74) is 7.37. The zero-order valence-electron chi connectivity index (χ0n) is 15.0. The maximum Gasteiger partial charge on any atom is 0.239 e. The molecule has 0 saturated carbocycles. The Morgan fingerprint density at radius 2 is 2.04 bits per heavy atom. The van der Waals surface area contributed by atoms with E-state index in [9.17, 15) is 4.79 Å². The number of hydrogen-bond donors (Lipinski definition) is 1. The number of likely N-dealkylation sites (tertiary alicyclic amines) is 1. The number of benzene rings is 1. The molecule has 2 unspecified atom stereocenters. The number of hydrogen-bond acceptors (Lipinski definition) is 3. The largest absolute Gasteiger partial charge is 0.341 e. The molecular weight excluding hydrogens is 322 g/mol. The van der Waals surface area contributed by atoms with Crippen molar-refractivity contribution in [2.75, 3.05) is 26.2 Å². The Labute approximate surface area is 152 Å². The highest BCUT2D eigenvalue weighted by Crippen LogP contribution is 2.20. The molecule has 1 aliphatic heterocycles. The molecule has 0 aliphatic carbocycles. The number of nitrogens with zero attached hydrogens (tertiary/aromatic N) is 2. The fourth-order valence-corrected chi connectivity index (χ4v) is 3.40. The molecule has 24 heavy (non-hydrogen) atoms. The smallest absolute Gasteiger partial charge is 0.239 e. The second-order valence-electron chi connectivity index (χ2n) is 6.65. The van der Waals surface area contributed by atoms with Crippen molar-refractivity contribution in [3.05, 3.63) is 35.9 Å². The normalized spacial score (nSPS) is 18.9. The van der Waals surface area contributed by atoms with Gasteiger partial charge in [0.05, 0.1) is 6.04 Å². The Morgan fingerprint density at radius 3 is 2.67 bits per heavy atom. The van der Waals surface area contributed by atoms with Crippen molar-refractivity contribution in [1.82, 2.24) is 9.80 Å².